The van der Waals surface area contributed by atoms with E-state index in [1.807, 2.05) is 33.9 Å². The van der Waals surface area contributed by atoms with Gasteiger partial charge in [-0.15, -0.1) is 11.3 Å². The lowest BCUT2D eigenvalue weighted by Gasteiger charge is -2.26. The summed E-state index contributed by atoms with van der Waals surface area (Å²) in [6.07, 6.45) is 12.0. The van der Waals surface area contributed by atoms with Crippen LogP contribution in [0.2, 0.25) is 0 Å². The van der Waals surface area contributed by atoms with Crippen molar-refractivity contribution in [3.05, 3.63) is 46.6 Å². The Balaban J connectivity index is 1.57. The van der Waals surface area contributed by atoms with Crippen molar-refractivity contribution in [1.29, 1.82) is 0 Å². The molecular weight excluding hydrogens is 394 g/mol. The number of aromatic nitrogens is 1. The van der Waals surface area contributed by atoms with E-state index in [-0.39, 0.29) is 24.4 Å². The zero-order valence-corrected chi connectivity index (χ0v) is 18.8. The molecule has 5 nitrogen and oxygen atoms in total. The second-order valence-electron chi connectivity index (χ2n) is 8.39. The first-order valence-electron chi connectivity index (χ1n) is 11.1. The van der Waals surface area contributed by atoms with E-state index in [2.05, 4.69) is 24.4 Å². The molecule has 2 heterocycles. The van der Waals surface area contributed by atoms with Gasteiger partial charge in [-0.3, -0.25) is 9.59 Å². The van der Waals surface area contributed by atoms with E-state index in [4.69, 9.17) is 0 Å². The highest BCUT2D eigenvalue weighted by molar-refractivity contribution is 7.17. The number of nitrogens with one attached hydrogen (secondary N) is 1. The van der Waals surface area contributed by atoms with E-state index < -0.39 is 0 Å². The SMILES string of the molecule is CCN(C(=O)Cn1c(C(=O)NC2CCCCC2)cc2sccc21)C1=CCCC(C)=C1. The van der Waals surface area contributed by atoms with Gasteiger partial charge in [-0.05, 0) is 63.1 Å². The average molecular weight is 426 g/mol. The van der Waals surface area contributed by atoms with Gasteiger partial charge in [0.25, 0.3) is 5.91 Å². The second-order valence-corrected chi connectivity index (χ2v) is 9.34. The summed E-state index contributed by atoms with van der Waals surface area (Å²) in [5.74, 6) is -0.0427. The number of carbonyl (C=O) groups is 2. The number of rotatable bonds is 6. The normalized spacial score (nSPS) is 17.5. The third kappa shape index (κ3) is 4.38. The van der Waals surface area contributed by atoms with Crippen LogP contribution in [0.1, 0.15) is 69.3 Å². The van der Waals surface area contributed by atoms with Crippen LogP contribution in [0.3, 0.4) is 0 Å². The minimum atomic E-state index is -0.0613. The highest BCUT2D eigenvalue weighted by Gasteiger charge is 2.24. The monoisotopic (exact) mass is 425 g/mol. The number of amides is 2. The Morgan fingerprint density at radius 3 is 2.80 bits per heavy atom. The molecule has 1 saturated carbocycles. The van der Waals surface area contributed by atoms with Gasteiger partial charge in [0, 0.05) is 18.3 Å². The van der Waals surface area contributed by atoms with Crippen LogP contribution in [0.5, 0.6) is 0 Å². The van der Waals surface area contributed by atoms with Gasteiger partial charge in [0.15, 0.2) is 0 Å². The summed E-state index contributed by atoms with van der Waals surface area (Å²) >= 11 is 1.61. The summed E-state index contributed by atoms with van der Waals surface area (Å²) < 4.78 is 2.95. The van der Waals surface area contributed by atoms with Gasteiger partial charge in [-0.25, -0.2) is 0 Å². The first-order valence-corrected chi connectivity index (χ1v) is 12.0. The van der Waals surface area contributed by atoms with Crippen molar-refractivity contribution < 1.29 is 9.59 Å². The molecule has 1 fully saturated rings. The Hall–Kier alpha value is -2.34. The third-order valence-corrected chi connectivity index (χ3v) is 7.06. The van der Waals surface area contributed by atoms with Crippen LogP contribution >= 0.6 is 11.3 Å². The van der Waals surface area contributed by atoms with Crippen molar-refractivity contribution in [2.75, 3.05) is 6.54 Å². The van der Waals surface area contributed by atoms with E-state index in [0.29, 0.717) is 12.2 Å². The first-order chi connectivity index (χ1) is 14.6. The molecule has 0 saturated heterocycles. The van der Waals surface area contributed by atoms with Crippen LogP contribution in [0.4, 0.5) is 0 Å². The number of allylic oxidation sites excluding steroid dienone is 3. The predicted molar refractivity (Wildman–Crippen MR) is 123 cm³/mol. The molecule has 2 aliphatic carbocycles. The van der Waals surface area contributed by atoms with Crippen LogP contribution in [0, 0.1) is 0 Å². The van der Waals surface area contributed by atoms with Gasteiger partial charge in [-0.1, -0.05) is 30.9 Å². The van der Waals surface area contributed by atoms with E-state index in [1.165, 1.54) is 24.8 Å². The first kappa shape index (κ1) is 20.9. The molecule has 30 heavy (non-hydrogen) atoms. The summed E-state index contributed by atoms with van der Waals surface area (Å²) in [4.78, 5) is 28.2. The molecule has 6 heteroatoms. The molecule has 0 unspecified atom stereocenters. The topological polar surface area (TPSA) is 54.3 Å². The van der Waals surface area contributed by atoms with Crippen LogP contribution in [0.15, 0.2) is 40.9 Å². The molecule has 0 bridgehead atoms. The Bertz CT molecular complexity index is 991. The number of fused-ring (bicyclic) bond motifs is 1. The van der Waals surface area contributed by atoms with Gasteiger partial charge < -0.3 is 14.8 Å². The van der Waals surface area contributed by atoms with Crippen molar-refractivity contribution >= 4 is 33.4 Å². The van der Waals surface area contributed by atoms with Crippen molar-refractivity contribution in [2.24, 2.45) is 0 Å². The Morgan fingerprint density at radius 2 is 2.07 bits per heavy atom. The number of hydrogen-bond acceptors (Lipinski definition) is 3. The fraction of sp³-hybridized carbons (Fsp3) is 0.500. The predicted octanol–water partition coefficient (Wildman–Crippen LogP) is 5.24. The Morgan fingerprint density at radius 1 is 1.27 bits per heavy atom. The number of likely N-dealkylation sites (N-methyl/N-ethyl adjacent to an activating group) is 1. The molecule has 2 amide bonds. The van der Waals surface area contributed by atoms with E-state index in [0.717, 1.165) is 41.6 Å². The fourth-order valence-corrected chi connectivity index (χ4v) is 5.41. The maximum Gasteiger partial charge on any atom is 0.268 e. The molecule has 2 aliphatic rings. The van der Waals surface area contributed by atoms with Crippen molar-refractivity contribution in [3.63, 3.8) is 0 Å². The minimum absolute atomic E-state index is 0.0186. The summed E-state index contributed by atoms with van der Waals surface area (Å²) in [5, 5.41) is 5.23. The molecule has 0 atom stereocenters. The molecule has 0 radical (unpaired) electrons. The largest absolute Gasteiger partial charge is 0.348 e. The molecule has 1 N–H and O–H groups in total. The van der Waals surface area contributed by atoms with E-state index >= 15 is 0 Å². The zero-order chi connectivity index (χ0) is 21.1. The van der Waals surface area contributed by atoms with Gasteiger partial charge in [0.2, 0.25) is 5.91 Å². The lowest BCUT2D eigenvalue weighted by Crippen LogP contribution is -2.38. The fourth-order valence-electron chi connectivity index (χ4n) is 4.58. The van der Waals surface area contributed by atoms with Crippen LogP contribution in [0.25, 0.3) is 10.2 Å². The second kappa shape index (κ2) is 9.21. The van der Waals surface area contributed by atoms with Crippen molar-refractivity contribution in [2.45, 2.75) is 71.4 Å². The highest BCUT2D eigenvalue weighted by Crippen LogP contribution is 2.27. The quantitative estimate of drug-likeness (QED) is 0.688. The standard InChI is InChI=1S/C24H31N3O2S/c1-3-26(19-11-7-8-17(2)14-19)23(28)16-27-20-12-13-30-22(20)15-21(27)24(29)25-18-9-5-4-6-10-18/h11-15,18H,3-10,16H2,1-2H3,(H,25,29). The Kier molecular flexibility index (Phi) is 6.42. The zero-order valence-electron chi connectivity index (χ0n) is 17.9. The Labute approximate surface area is 182 Å². The average Bonchev–Trinajstić information content (AvgIpc) is 3.32. The van der Waals surface area contributed by atoms with Gasteiger partial charge in [-0.2, -0.15) is 0 Å². The number of thiophene rings is 1. The molecule has 2 aromatic heterocycles. The maximum atomic E-state index is 13.3. The molecule has 2 aromatic rings. The summed E-state index contributed by atoms with van der Waals surface area (Å²) in [5.41, 5.74) is 3.83. The highest BCUT2D eigenvalue weighted by atomic mass is 32.1. The molecule has 160 valence electrons. The number of nitrogens with zero attached hydrogens (tertiary/aromatic N) is 2. The van der Waals surface area contributed by atoms with E-state index in [1.54, 1.807) is 11.3 Å². The maximum absolute atomic E-state index is 13.3. The van der Waals surface area contributed by atoms with Gasteiger partial charge >= 0.3 is 0 Å². The number of hydrogen-bond donors (Lipinski definition) is 1. The van der Waals surface area contributed by atoms with Crippen LogP contribution in [-0.2, 0) is 11.3 Å². The molecular formula is C24H31N3O2S. The molecule has 0 aliphatic heterocycles. The number of carbonyl (C=O) groups excluding carboxylic acids is 2. The van der Waals surface area contributed by atoms with Gasteiger partial charge in [0.05, 0.1) is 10.2 Å². The van der Waals surface area contributed by atoms with Crippen molar-refractivity contribution in [1.82, 2.24) is 14.8 Å². The lowest BCUT2D eigenvalue weighted by molar-refractivity contribution is -0.129. The summed E-state index contributed by atoms with van der Waals surface area (Å²) in [6, 6.07) is 4.19. The van der Waals surface area contributed by atoms with E-state index in [9.17, 15) is 9.59 Å². The van der Waals surface area contributed by atoms with Crippen molar-refractivity contribution in [3.8, 4) is 0 Å². The van der Waals surface area contributed by atoms with Gasteiger partial charge in [0.1, 0.15) is 12.2 Å². The minimum Gasteiger partial charge on any atom is -0.348 e. The van der Waals surface area contributed by atoms with Crippen LogP contribution < -0.4 is 5.32 Å². The van der Waals surface area contributed by atoms with Crippen LogP contribution in [-0.4, -0.2) is 33.9 Å². The third-order valence-electron chi connectivity index (χ3n) is 6.20. The smallest absolute Gasteiger partial charge is 0.268 e. The molecule has 4 rings (SSSR count). The summed E-state index contributed by atoms with van der Waals surface area (Å²) in [7, 11) is 0. The molecule has 0 aromatic carbocycles. The molecule has 0 spiro atoms. The summed E-state index contributed by atoms with van der Waals surface area (Å²) in [6.45, 7) is 4.90. The lowest BCUT2D eigenvalue weighted by atomic mass is 9.95.